The monoisotopic (exact) mass is 541 g/mol. The number of benzene rings is 2. The number of aliphatic imine (C=N–C) groups is 1. The molecule has 30 heavy (non-hydrogen) atoms. The van der Waals surface area contributed by atoms with Crippen molar-refractivity contribution >= 4 is 58.1 Å². The smallest absolute Gasteiger partial charge is 0.363 e. The number of methoxy groups -OCH3 is 1. The molecular formula is C21H17ClINO6. The van der Waals surface area contributed by atoms with Crippen LogP contribution in [-0.2, 0) is 19.1 Å². The maximum Gasteiger partial charge on any atom is 0.363 e. The molecule has 2 aromatic rings. The van der Waals surface area contributed by atoms with E-state index in [1.165, 1.54) is 7.11 Å². The van der Waals surface area contributed by atoms with Gasteiger partial charge in [-0.05, 0) is 65.4 Å². The van der Waals surface area contributed by atoms with Crippen molar-refractivity contribution in [1.82, 2.24) is 0 Å². The Bertz CT molecular complexity index is 1050. The second-order valence-corrected chi connectivity index (χ2v) is 7.51. The summed E-state index contributed by atoms with van der Waals surface area (Å²) in [6.07, 6.45) is 1.58. The summed E-state index contributed by atoms with van der Waals surface area (Å²) < 4.78 is 21.7. The third kappa shape index (κ3) is 5.11. The van der Waals surface area contributed by atoms with Crippen molar-refractivity contribution in [2.75, 3.05) is 20.3 Å². The van der Waals surface area contributed by atoms with E-state index in [0.29, 0.717) is 31.2 Å². The first-order valence-corrected chi connectivity index (χ1v) is 10.3. The molecule has 2 aromatic carbocycles. The highest BCUT2D eigenvalue weighted by Gasteiger charge is 2.25. The highest BCUT2D eigenvalue weighted by Crippen LogP contribution is 2.35. The molecule has 1 heterocycles. The van der Waals surface area contributed by atoms with Crippen LogP contribution in [0.15, 0.2) is 47.1 Å². The maximum atomic E-state index is 12.3. The second kappa shape index (κ2) is 9.94. The van der Waals surface area contributed by atoms with E-state index < -0.39 is 11.9 Å². The molecule has 1 aliphatic heterocycles. The van der Waals surface area contributed by atoms with Gasteiger partial charge in [0.1, 0.15) is 0 Å². The largest absolute Gasteiger partial charge is 0.493 e. The maximum absolute atomic E-state index is 12.3. The molecule has 0 unspecified atom stereocenters. The Morgan fingerprint density at radius 1 is 1.30 bits per heavy atom. The molecule has 3 rings (SSSR count). The van der Waals surface area contributed by atoms with Crippen molar-refractivity contribution in [1.29, 1.82) is 0 Å². The van der Waals surface area contributed by atoms with Crippen molar-refractivity contribution in [3.63, 3.8) is 0 Å². The molecule has 0 spiro atoms. The molecule has 7 nitrogen and oxygen atoms in total. The summed E-state index contributed by atoms with van der Waals surface area (Å²) in [4.78, 5) is 28.1. The van der Waals surface area contributed by atoms with Gasteiger partial charge in [-0.25, -0.2) is 14.6 Å². The fraction of sp³-hybridized carbons (Fsp3) is 0.190. The number of esters is 2. The summed E-state index contributed by atoms with van der Waals surface area (Å²) in [6, 6.07) is 10.4. The lowest BCUT2D eigenvalue weighted by Crippen LogP contribution is -2.15. The predicted octanol–water partition coefficient (Wildman–Crippen LogP) is 4.24. The van der Waals surface area contributed by atoms with E-state index in [9.17, 15) is 9.59 Å². The fourth-order valence-electron chi connectivity index (χ4n) is 2.61. The molecule has 0 atom stereocenters. The molecule has 156 valence electrons. The average molecular weight is 542 g/mol. The Labute approximate surface area is 191 Å². The Balaban J connectivity index is 1.88. The van der Waals surface area contributed by atoms with Gasteiger partial charge in [-0.2, -0.15) is 0 Å². The number of hydrogen-bond donors (Lipinski definition) is 0. The zero-order chi connectivity index (χ0) is 21.7. The number of rotatable bonds is 7. The Morgan fingerprint density at radius 3 is 2.77 bits per heavy atom. The average Bonchev–Trinajstić information content (AvgIpc) is 3.07. The number of nitrogens with zero attached hydrogens (tertiary/aromatic N) is 1. The van der Waals surface area contributed by atoms with E-state index in [4.69, 9.17) is 30.5 Å². The summed E-state index contributed by atoms with van der Waals surface area (Å²) in [6.45, 7) is 1.76. The van der Waals surface area contributed by atoms with E-state index in [-0.39, 0.29) is 24.8 Å². The zero-order valence-electron chi connectivity index (χ0n) is 16.1. The van der Waals surface area contributed by atoms with Crippen LogP contribution in [0.3, 0.4) is 0 Å². The quantitative estimate of drug-likeness (QED) is 0.296. The fourth-order valence-corrected chi connectivity index (χ4v) is 3.61. The normalized spacial score (nSPS) is 14.3. The SMILES string of the molecule is CCOC(=O)COc1c(I)cc(/C=C2\N=C(c3ccccc3Cl)OC2=O)cc1OC. The second-order valence-electron chi connectivity index (χ2n) is 5.94. The number of halogens is 2. The molecule has 1 aliphatic rings. The van der Waals surface area contributed by atoms with Crippen molar-refractivity contribution < 1.29 is 28.5 Å². The van der Waals surface area contributed by atoms with E-state index in [2.05, 4.69) is 27.6 Å². The van der Waals surface area contributed by atoms with Crippen LogP contribution >= 0.6 is 34.2 Å². The van der Waals surface area contributed by atoms with E-state index >= 15 is 0 Å². The van der Waals surface area contributed by atoms with Crippen LogP contribution in [0.5, 0.6) is 11.5 Å². The predicted molar refractivity (Wildman–Crippen MR) is 120 cm³/mol. The molecule has 0 amide bonds. The highest BCUT2D eigenvalue weighted by molar-refractivity contribution is 14.1. The standard InChI is InChI=1S/C21H17ClINO6/c1-3-28-18(25)11-29-19-15(23)8-12(10-17(19)27-2)9-16-21(26)30-20(24-16)13-6-4-5-7-14(13)22/h4-10H,3,11H2,1-2H3/b16-9-. The van der Waals surface area contributed by atoms with Gasteiger partial charge in [0, 0.05) is 0 Å². The van der Waals surface area contributed by atoms with Gasteiger partial charge in [-0.1, -0.05) is 23.7 Å². The first kappa shape index (κ1) is 22.1. The van der Waals surface area contributed by atoms with Gasteiger partial charge in [0.15, 0.2) is 23.8 Å². The number of hydrogen-bond acceptors (Lipinski definition) is 7. The minimum atomic E-state index is -0.582. The van der Waals surface area contributed by atoms with E-state index in [0.717, 1.165) is 0 Å². The first-order valence-electron chi connectivity index (χ1n) is 8.86. The third-order valence-electron chi connectivity index (χ3n) is 3.92. The lowest BCUT2D eigenvalue weighted by molar-refractivity contribution is -0.145. The molecular weight excluding hydrogens is 525 g/mol. The molecule has 0 saturated heterocycles. The lowest BCUT2D eigenvalue weighted by atomic mass is 10.1. The molecule has 0 bridgehead atoms. The van der Waals surface area contributed by atoms with E-state index in [1.54, 1.807) is 49.4 Å². The lowest BCUT2D eigenvalue weighted by Gasteiger charge is -2.13. The van der Waals surface area contributed by atoms with Crippen molar-refractivity contribution in [3.8, 4) is 11.5 Å². The number of cyclic esters (lactones) is 1. The summed E-state index contributed by atoms with van der Waals surface area (Å²) >= 11 is 8.21. The van der Waals surface area contributed by atoms with Gasteiger partial charge >= 0.3 is 11.9 Å². The minimum Gasteiger partial charge on any atom is -0.493 e. The molecule has 0 aromatic heterocycles. The van der Waals surface area contributed by atoms with Crippen LogP contribution in [-0.4, -0.2) is 38.2 Å². The van der Waals surface area contributed by atoms with Crippen LogP contribution in [0.2, 0.25) is 5.02 Å². The molecule has 0 aliphatic carbocycles. The summed E-state index contributed by atoms with van der Waals surface area (Å²) in [5.74, 6) is -0.103. The van der Waals surface area contributed by atoms with Crippen molar-refractivity contribution in [2.45, 2.75) is 6.92 Å². The van der Waals surface area contributed by atoms with Gasteiger partial charge < -0.3 is 18.9 Å². The first-order chi connectivity index (χ1) is 14.4. The third-order valence-corrected chi connectivity index (χ3v) is 5.05. The van der Waals surface area contributed by atoms with Crippen LogP contribution in [0.1, 0.15) is 18.1 Å². The Hall–Kier alpha value is -2.59. The number of ether oxygens (including phenoxy) is 4. The van der Waals surface area contributed by atoms with Crippen LogP contribution in [0, 0.1) is 3.57 Å². The molecule has 9 heteroatoms. The summed E-state index contributed by atoms with van der Waals surface area (Å²) in [5.41, 5.74) is 1.31. The minimum absolute atomic E-state index is 0.128. The zero-order valence-corrected chi connectivity index (χ0v) is 19.0. The van der Waals surface area contributed by atoms with E-state index in [1.807, 2.05) is 0 Å². The Kier molecular flexibility index (Phi) is 7.33. The number of carbonyl (C=O) groups excluding carboxylic acids is 2. The van der Waals surface area contributed by atoms with Gasteiger partial charge in [0.05, 0.1) is 27.9 Å². The highest BCUT2D eigenvalue weighted by atomic mass is 127. The molecule has 0 N–H and O–H groups in total. The van der Waals surface area contributed by atoms with Crippen LogP contribution < -0.4 is 9.47 Å². The molecule has 0 fully saturated rings. The van der Waals surface area contributed by atoms with Crippen LogP contribution in [0.25, 0.3) is 6.08 Å². The van der Waals surface area contributed by atoms with Crippen LogP contribution in [0.4, 0.5) is 0 Å². The van der Waals surface area contributed by atoms with Gasteiger partial charge in [0.2, 0.25) is 5.90 Å². The van der Waals surface area contributed by atoms with Crippen molar-refractivity contribution in [3.05, 3.63) is 61.8 Å². The molecule has 0 saturated carbocycles. The summed E-state index contributed by atoms with van der Waals surface area (Å²) in [5, 5.41) is 0.435. The Morgan fingerprint density at radius 2 is 2.07 bits per heavy atom. The van der Waals surface area contributed by atoms with Crippen molar-refractivity contribution in [2.24, 2.45) is 4.99 Å². The van der Waals surface area contributed by atoms with Gasteiger partial charge in [0.25, 0.3) is 0 Å². The number of carbonyl (C=O) groups is 2. The van der Waals surface area contributed by atoms with Gasteiger partial charge in [-0.15, -0.1) is 0 Å². The topological polar surface area (TPSA) is 83.4 Å². The summed E-state index contributed by atoms with van der Waals surface area (Å²) in [7, 11) is 1.48. The van der Waals surface area contributed by atoms with Gasteiger partial charge in [-0.3, -0.25) is 0 Å². The molecule has 0 radical (unpaired) electrons.